The number of fused-ring (bicyclic) bond motifs is 1. The van der Waals surface area contributed by atoms with Crippen molar-refractivity contribution in [3.05, 3.63) is 64.9 Å². The Labute approximate surface area is 196 Å². The van der Waals surface area contributed by atoms with Crippen LogP contribution in [0.15, 0.2) is 52.5 Å². The van der Waals surface area contributed by atoms with Gasteiger partial charge in [0.2, 0.25) is 5.91 Å². The Morgan fingerprint density at radius 2 is 2.00 bits per heavy atom. The number of aromatic nitrogens is 1. The molecule has 0 fully saturated rings. The molecule has 0 aliphatic carbocycles. The second-order valence-corrected chi connectivity index (χ2v) is 8.53. The molecule has 0 aliphatic rings. The minimum absolute atomic E-state index is 0.232. The number of benzene rings is 2. The first-order valence-electron chi connectivity index (χ1n) is 10.6. The fourth-order valence-corrected chi connectivity index (χ4v) is 4.45. The van der Waals surface area contributed by atoms with Crippen LogP contribution < -0.4 is 14.8 Å². The molecule has 0 saturated heterocycles. The molecular formula is C26H26N2O4S. The number of carbonyl (C=O) groups excluding carboxylic acids is 1. The van der Waals surface area contributed by atoms with Crippen LogP contribution in [-0.4, -0.2) is 24.6 Å². The smallest absolute Gasteiger partial charge is 0.250 e. The van der Waals surface area contributed by atoms with Gasteiger partial charge in [-0.1, -0.05) is 12.1 Å². The molecule has 0 bridgehead atoms. The van der Waals surface area contributed by atoms with E-state index in [0.29, 0.717) is 17.5 Å². The lowest BCUT2D eigenvalue weighted by Gasteiger charge is -2.15. The summed E-state index contributed by atoms with van der Waals surface area (Å²) in [6.07, 6.45) is 3.34. The molecule has 0 saturated carbocycles. The Bertz CT molecular complexity index is 1330. The summed E-state index contributed by atoms with van der Waals surface area (Å²) in [7, 11) is 1.65. The molecule has 0 radical (unpaired) electrons. The van der Waals surface area contributed by atoms with Crippen molar-refractivity contribution in [2.45, 2.75) is 27.7 Å². The maximum Gasteiger partial charge on any atom is 0.250 e. The molecule has 0 aliphatic heterocycles. The Balaban J connectivity index is 1.78. The first kappa shape index (κ1) is 22.6. The Kier molecular flexibility index (Phi) is 6.51. The molecule has 4 aromatic rings. The van der Waals surface area contributed by atoms with E-state index in [0.717, 1.165) is 50.2 Å². The summed E-state index contributed by atoms with van der Waals surface area (Å²) in [6, 6.07) is 9.88. The average Bonchev–Trinajstić information content (AvgIpc) is 3.41. The molecule has 33 heavy (non-hydrogen) atoms. The highest BCUT2D eigenvalue weighted by Crippen LogP contribution is 2.41. The van der Waals surface area contributed by atoms with E-state index >= 15 is 0 Å². The number of furan rings is 1. The van der Waals surface area contributed by atoms with Gasteiger partial charge in [0.25, 0.3) is 0 Å². The van der Waals surface area contributed by atoms with Crippen LogP contribution in [0, 0.1) is 13.8 Å². The molecule has 2 aromatic heterocycles. The number of hydrogen-bond donors (Lipinski definition) is 1. The fourth-order valence-electron chi connectivity index (χ4n) is 3.76. The normalized spacial score (nSPS) is 11.6. The maximum absolute atomic E-state index is 12.6. The minimum atomic E-state index is -0.232. The number of amides is 1. The summed E-state index contributed by atoms with van der Waals surface area (Å²) in [4.78, 5) is 16.9. The molecular weight excluding hydrogens is 436 g/mol. The largest absolute Gasteiger partial charge is 0.497 e. The number of rotatable bonds is 7. The van der Waals surface area contributed by atoms with Crippen LogP contribution in [0.2, 0.25) is 0 Å². The van der Waals surface area contributed by atoms with E-state index in [9.17, 15) is 4.79 Å². The van der Waals surface area contributed by atoms with Crippen molar-refractivity contribution >= 4 is 38.9 Å². The van der Waals surface area contributed by atoms with Crippen molar-refractivity contribution in [3.8, 4) is 22.6 Å². The topological polar surface area (TPSA) is 73.6 Å². The van der Waals surface area contributed by atoms with E-state index in [1.54, 1.807) is 19.4 Å². The van der Waals surface area contributed by atoms with E-state index in [1.807, 2.05) is 63.4 Å². The number of hydrogen-bond acceptors (Lipinski definition) is 6. The Morgan fingerprint density at radius 1 is 1.24 bits per heavy atom. The van der Waals surface area contributed by atoms with Crippen LogP contribution >= 0.6 is 11.3 Å². The third-order valence-corrected chi connectivity index (χ3v) is 6.23. The predicted molar refractivity (Wildman–Crippen MR) is 133 cm³/mol. The van der Waals surface area contributed by atoms with Gasteiger partial charge in [0.05, 0.1) is 25.7 Å². The zero-order chi connectivity index (χ0) is 23.5. The zero-order valence-corrected chi connectivity index (χ0v) is 20.1. The van der Waals surface area contributed by atoms with E-state index in [4.69, 9.17) is 13.9 Å². The summed E-state index contributed by atoms with van der Waals surface area (Å²) in [5.41, 5.74) is 6.16. The SMILES string of the molecule is CCOc1c(/C(C)=C/C(=O)Nc2nc(C)cs2)cc2c(-c3ccc(OC)cc3)coc2c1C. The number of nitrogens with zero attached hydrogens (tertiary/aromatic N) is 1. The molecule has 0 atom stereocenters. The molecule has 2 heterocycles. The highest BCUT2D eigenvalue weighted by Gasteiger charge is 2.19. The van der Waals surface area contributed by atoms with Crippen molar-refractivity contribution in [3.63, 3.8) is 0 Å². The van der Waals surface area contributed by atoms with Crippen LogP contribution in [-0.2, 0) is 4.79 Å². The van der Waals surface area contributed by atoms with Crippen LogP contribution in [0.4, 0.5) is 5.13 Å². The van der Waals surface area contributed by atoms with Gasteiger partial charge < -0.3 is 13.9 Å². The number of thiazole rings is 1. The zero-order valence-electron chi connectivity index (χ0n) is 19.3. The fraction of sp³-hybridized carbons (Fsp3) is 0.231. The van der Waals surface area contributed by atoms with Gasteiger partial charge in [0, 0.05) is 33.5 Å². The Morgan fingerprint density at radius 3 is 2.64 bits per heavy atom. The molecule has 0 unspecified atom stereocenters. The van der Waals surface area contributed by atoms with Gasteiger partial charge in [0.15, 0.2) is 5.13 Å². The van der Waals surface area contributed by atoms with E-state index in [2.05, 4.69) is 10.3 Å². The number of ether oxygens (including phenoxy) is 2. The average molecular weight is 463 g/mol. The lowest BCUT2D eigenvalue weighted by molar-refractivity contribution is -0.111. The quantitative estimate of drug-likeness (QED) is 0.312. The van der Waals surface area contributed by atoms with Gasteiger partial charge >= 0.3 is 0 Å². The summed E-state index contributed by atoms with van der Waals surface area (Å²) >= 11 is 1.40. The van der Waals surface area contributed by atoms with Crippen molar-refractivity contribution in [2.24, 2.45) is 0 Å². The van der Waals surface area contributed by atoms with E-state index < -0.39 is 0 Å². The first-order chi connectivity index (χ1) is 15.9. The van der Waals surface area contributed by atoms with Gasteiger partial charge in [-0.2, -0.15) is 0 Å². The van der Waals surface area contributed by atoms with Gasteiger partial charge in [-0.15, -0.1) is 11.3 Å². The highest BCUT2D eigenvalue weighted by atomic mass is 32.1. The van der Waals surface area contributed by atoms with Crippen LogP contribution in [0.3, 0.4) is 0 Å². The third-order valence-electron chi connectivity index (χ3n) is 5.36. The van der Waals surface area contributed by atoms with Crippen molar-refractivity contribution < 1.29 is 18.7 Å². The molecule has 170 valence electrons. The van der Waals surface area contributed by atoms with Crippen molar-refractivity contribution in [2.75, 3.05) is 19.0 Å². The monoisotopic (exact) mass is 462 g/mol. The summed E-state index contributed by atoms with van der Waals surface area (Å²) < 4.78 is 17.2. The number of aryl methyl sites for hydroxylation is 2. The number of methoxy groups -OCH3 is 1. The highest BCUT2D eigenvalue weighted by molar-refractivity contribution is 7.13. The summed E-state index contributed by atoms with van der Waals surface area (Å²) in [5.74, 6) is 1.28. The third kappa shape index (κ3) is 4.64. The maximum atomic E-state index is 12.6. The number of anilines is 1. The number of allylic oxidation sites excluding steroid dienone is 1. The van der Waals surface area contributed by atoms with E-state index in [-0.39, 0.29) is 5.91 Å². The van der Waals surface area contributed by atoms with Gasteiger partial charge in [0.1, 0.15) is 17.1 Å². The van der Waals surface area contributed by atoms with Crippen LogP contribution in [0.5, 0.6) is 11.5 Å². The second kappa shape index (κ2) is 9.50. The minimum Gasteiger partial charge on any atom is -0.497 e. The lowest BCUT2D eigenvalue weighted by atomic mass is 9.96. The molecule has 4 rings (SSSR count). The van der Waals surface area contributed by atoms with Crippen molar-refractivity contribution in [1.82, 2.24) is 4.98 Å². The molecule has 2 aromatic carbocycles. The molecule has 0 spiro atoms. The molecule has 1 N–H and O–H groups in total. The van der Waals surface area contributed by atoms with Gasteiger partial charge in [-0.25, -0.2) is 4.98 Å². The summed E-state index contributed by atoms with van der Waals surface area (Å²) in [5, 5.41) is 6.27. The van der Waals surface area contributed by atoms with Crippen LogP contribution in [0.1, 0.15) is 30.7 Å². The first-order valence-corrected chi connectivity index (χ1v) is 11.5. The predicted octanol–water partition coefficient (Wildman–Crippen LogP) is 6.62. The summed E-state index contributed by atoms with van der Waals surface area (Å²) in [6.45, 7) is 8.22. The van der Waals surface area contributed by atoms with Gasteiger partial charge in [-0.05, 0) is 57.0 Å². The second-order valence-electron chi connectivity index (χ2n) is 7.68. The lowest BCUT2D eigenvalue weighted by Crippen LogP contribution is -2.08. The van der Waals surface area contributed by atoms with Gasteiger partial charge in [-0.3, -0.25) is 10.1 Å². The number of carbonyl (C=O) groups is 1. The van der Waals surface area contributed by atoms with Crippen molar-refractivity contribution in [1.29, 1.82) is 0 Å². The van der Waals surface area contributed by atoms with E-state index in [1.165, 1.54) is 11.3 Å². The molecule has 7 heteroatoms. The number of nitrogens with one attached hydrogen (secondary N) is 1. The molecule has 6 nitrogen and oxygen atoms in total. The molecule has 1 amide bonds. The van der Waals surface area contributed by atoms with Crippen LogP contribution in [0.25, 0.3) is 27.7 Å². The standard InChI is InChI=1S/C26H26N2O4S/c1-6-31-24-17(4)25-21(22(13-32-25)18-7-9-19(30-5)10-8-18)12-20(24)15(2)11-23(29)28-26-27-16(3)14-33-26/h7-14H,6H2,1-5H3,(H,27,28,29)/b15-11+. The Hall–Kier alpha value is -3.58.